The van der Waals surface area contributed by atoms with Crippen molar-refractivity contribution in [3.8, 4) is 5.75 Å². The first-order valence-electron chi connectivity index (χ1n) is 3.56. The summed E-state index contributed by atoms with van der Waals surface area (Å²) in [5.41, 5.74) is 5.98. The van der Waals surface area contributed by atoms with E-state index < -0.39 is 17.0 Å². The monoisotopic (exact) mass is 285 g/mol. The minimum Gasteiger partial charge on any atom is -0.508 e. The van der Waals surface area contributed by atoms with Gasteiger partial charge in [-0.1, -0.05) is 0 Å². The summed E-state index contributed by atoms with van der Waals surface area (Å²) in [7, 11) is -7.30. The number of hydrogen-bond acceptors (Lipinski definition) is 7. The van der Waals surface area contributed by atoms with E-state index in [0.29, 0.717) is 5.69 Å². The number of hydrogen-bond donors (Lipinski definition) is 3. The fourth-order valence-electron chi connectivity index (χ4n) is 0.551. The summed E-state index contributed by atoms with van der Waals surface area (Å²) in [6.45, 7) is 0. The number of nitrogen functional groups attached to an aromatic ring is 1. The van der Waals surface area contributed by atoms with Crippen molar-refractivity contribution in [3.63, 3.8) is 0 Å². The topological polar surface area (TPSA) is 127 Å². The highest BCUT2D eigenvalue weighted by Crippen LogP contribution is 2.09. The van der Waals surface area contributed by atoms with Crippen molar-refractivity contribution in [2.75, 3.05) is 5.73 Å². The highest BCUT2D eigenvalue weighted by atomic mass is 32.9. The second kappa shape index (κ2) is 6.56. The molecule has 1 atom stereocenters. The van der Waals surface area contributed by atoms with Crippen LogP contribution in [0.4, 0.5) is 5.69 Å². The molecule has 0 aliphatic rings. The molecule has 0 saturated carbocycles. The highest BCUT2D eigenvalue weighted by Gasteiger charge is 2.01. The molecule has 0 radical (unpaired) electrons. The van der Waals surface area contributed by atoms with Gasteiger partial charge >= 0.3 is 7.91 Å². The first-order valence-corrected chi connectivity index (χ1v) is 7.02. The molecular weight excluding hydrogens is 277 g/mol. The Morgan fingerprint density at radius 3 is 1.94 bits per heavy atom. The van der Waals surface area contributed by atoms with Crippen molar-refractivity contribution in [3.05, 3.63) is 24.3 Å². The smallest absolute Gasteiger partial charge is 0.483 e. The summed E-state index contributed by atoms with van der Waals surface area (Å²) >= 11 is 3.64. The first-order chi connectivity index (χ1) is 7.20. The number of benzene rings is 1. The minimum atomic E-state index is -3.99. The Hall–Kier alpha value is -0.990. The van der Waals surface area contributed by atoms with E-state index in [4.69, 9.17) is 15.4 Å². The SMILES string of the molecule is Nc1ccc(O)cc1.O=P(=O)OS(=O)(O)=S. The third-order valence-corrected chi connectivity index (χ3v) is 2.84. The van der Waals surface area contributed by atoms with Crippen LogP contribution in [0.5, 0.6) is 5.75 Å². The van der Waals surface area contributed by atoms with E-state index in [2.05, 4.69) is 15.2 Å². The van der Waals surface area contributed by atoms with Gasteiger partial charge in [-0.25, -0.2) is 9.13 Å². The van der Waals surface area contributed by atoms with Crippen molar-refractivity contribution >= 4 is 33.8 Å². The van der Waals surface area contributed by atoms with E-state index in [9.17, 15) is 13.3 Å². The van der Waals surface area contributed by atoms with Gasteiger partial charge in [-0.15, -0.1) is 3.97 Å². The Balaban J connectivity index is 0.000000281. The molecule has 0 bridgehead atoms. The van der Waals surface area contributed by atoms with E-state index in [-0.39, 0.29) is 5.75 Å². The maximum atomic E-state index is 9.76. The summed E-state index contributed by atoms with van der Waals surface area (Å²) in [5.74, 6) is 0.249. The number of aromatic hydroxyl groups is 1. The van der Waals surface area contributed by atoms with Gasteiger partial charge in [0.15, 0.2) is 0 Å². The lowest BCUT2D eigenvalue weighted by atomic mass is 10.3. The molecule has 0 saturated heterocycles. The lowest BCUT2D eigenvalue weighted by molar-refractivity contribution is 0.415. The molecule has 4 N–H and O–H groups in total. The highest BCUT2D eigenvalue weighted by molar-refractivity contribution is 8.27. The number of nitrogens with two attached hydrogens (primary N) is 1. The lowest BCUT2D eigenvalue weighted by Gasteiger charge is -1.89. The quantitative estimate of drug-likeness (QED) is 0.420. The zero-order valence-corrected chi connectivity index (χ0v) is 10.2. The molecular formula is C6H8NO6PS2. The second-order valence-corrected chi connectivity index (χ2v) is 5.48. The summed E-state index contributed by atoms with van der Waals surface area (Å²) in [6.07, 6.45) is 0. The van der Waals surface area contributed by atoms with E-state index in [0.717, 1.165) is 0 Å². The minimum absolute atomic E-state index is 0.249. The van der Waals surface area contributed by atoms with Crippen molar-refractivity contribution in [2.45, 2.75) is 0 Å². The van der Waals surface area contributed by atoms with Gasteiger partial charge in [0, 0.05) is 16.9 Å². The molecule has 0 fully saturated rings. The largest absolute Gasteiger partial charge is 0.508 e. The van der Waals surface area contributed by atoms with E-state index in [1.807, 2.05) is 0 Å². The van der Waals surface area contributed by atoms with Gasteiger partial charge in [-0.2, -0.15) is 4.21 Å². The standard InChI is InChI=1S/C6H7NO.HO5PS2/c7-5-1-3-6(8)4-2-5;1-6(2)5-8(3,4)7/h1-4,8H,7H2;(H,3,4,7). The first kappa shape index (κ1) is 15.0. The van der Waals surface area contributed by atoms with Crippen LogP contribution < -0.4 is 5.73 Å². The number of phenolic OH excluding ortho intramolecular Hbond substituents is 1. The van der Waals surface area contributed by atoms with Crippen molar-refractivity contribution in [1.82, 2.24) is 0 Å². The summed E-state index contributed by atoms with van der Waals surface area (Å²) in [6, 6.07) is 6.40. The zero-order valence-electron chi connectivity index (χ0n) is 7.68. The maximum absolute atomic E-state index is 9.76. The van der Waals surface area contributed by atoms with Gasteiger partial charge in [-0.3, -0.25) is 4.55 Å². The molecule has 1 rings (SSSR count). The van der Waals surface area contributed by atoms with Crippen LogP contribution in [0.3, 0.4) is 0 Å². The summed E-state index contributed by atoms with van der Waals surface area (Å²) in [5, 5.41) is 8.70. The molecule has 0 heterocycles. The summed E-state index contributed by atoms with van der Waals surface area (Å²) in [4.78, 5) is 0. The fourth-order valence-corrected chi connectivity index (χ4v) is 1.61. The van der Waals surface area contributed by atoms with Crippen LogP contribution in [0.15, 0.2) is 24.3 Å². The molecule has 0 aliphatic carbocycles. The van der Waals surface area contributed by atoms with Crippen molar-refractivity contribution < 1.29 is 27.0 Å². The molecule has 1 unspecified atom stereocenters. The van der Waals surface area contributed by atoms with Crippen LogP contribution in [0.1, 0.15) is 0 Å². The molecule has 0 spiro atoms. The number of phenols is 1. The lowest BCUT2D eigenvalue weighted by Crippen LogP contribution is -1.91. The average molecular weight is 285 g/mol. The Morgan fingerprint density at radius 2 is 1.75 bits per heavy atom. The average Bonchev–Trinajstić information content (AvgIpc) is 2.07. The second-order valence-electron chi connectivity index (χ2n) is 2.32. The molecule has 7 nitrogen and oxygen atoms in total. The van der Waals surface area contributed by atoms with Crippen LogP contribution in [-0.2, 0) is 33.3 Å². The third kappa shape index (κ3) is 9.56. The van der Waals surface area contributed by atoms with Gasteiger partial charge in [0.1, 0.15) is 5.75 Å². The molecule has 1 aromatic carbocycles. The molecule has 16 heavy (non-hydrogen) atoms. The predicted molar refractivity (Wildman–Crippen MR) is 60.0 cm³/mol. The van der Waals surface area contributed by atoms with Gasteiger partial charge in [0.05, 0.1) is 0 Å². The normalized spacial score (nSPS) is 13.1. The van der Waals surface area contributed by atoms with E-state index in [1.54, 1.807) is 24.3 Å². The number of anilines is 1. The molecule has 0 aromatic heterocycles. The van der Waals surface area contributed by atoms with E-state index >= 15 is 0 Å². The van der Waals surface area contributed by atoms with Crippen LogP contribution in [0.25, 0.3) is 0 Å². The molecule has 0 aliphatic heterocycles. The van der Waals surface area contributed by atoms with E-state index in [1.165, 1.54) is 0 Å². The molecule has 1 aromatic rings. The van der Waals surface area contributed by atoms with Crippen LogP contribution in [0.2, 0.25) is 0 Å². The molecule has 0 amide bonds. The Morgan fingerprint density at radius 1 is 1.31 bits per heavy atom. The van der Waals surface area contributed by atoms with Crippen LogP contribution in [-0.4, -0.2) is 13.9 Å². The Kier molecular flexibility index (Phi) is 6.16. The van der Waals surface area contributed by atoms with Gasteiger partial charge in [0.2, 0.25) is 0 Å². The Bertz CT molecular complexity index is 465. The van der Waals surface area contributed by atoms with Crippen LogP contribution in [0, 0.1) is 0 Å². The van der Waals surface area contributed by atoms with Crippen LogP contribution >= 0.6 is 7.91 Å². The van der Waals surface area contributed by atoms with Crippen molar-refractivity contribution in [1.29, 1.82) is 0 Å². The Labute approximate surface area is 96.8 Å². The maximum Gasteiger partial charge on any atom is 0.483 e. The zero-order chi connectivity index (χ0) is 12.8. The predicted octanol–water partition coefficient (Wildman–Crippen LogP) is 1.20. The molecule has 90 valence electrons. The van der Waals surface area contributed by atoms with Gasteiger partial charge in [-0.05, 0) is 24.3 Å². The number of rotatable bonds is 2. The summed E-state index contributed by atoms with van der Waals surface area (Å²) < 4.78 is 39.8. The van der Waals surface area contributed by atoms with Gasteiger partial charge < -0.3 is 10.8 Å². The van der Waals surface area contributed by atoms with Crippen molar-refractivity contribution in [2.24, 2.45) is 0 Å². The fraction of sp³-hybridized carbons (Fsp3) is 0. The molecule has 10 heteroatoms. The van der Waals surface area contributed by atoms with Gasteiger partial charge in [0.25, 0.3) is 9.05 Å². The third-order valence-electron chi connectivity index (χ3n) is 1.05.